The summed E-state index contributed by atoms with van der Waals surface area (Å²) >= 11 is 0. The molecule has 0 radical (unpaired) electrons. The zero-order valence-corrected chi connectivity index (χ0v) is 8.63. The van der Waals surface area contributed by atoms with Crippen LogP contribution in [-0.2, 0) is 4.79 Å². The molecule has 0 amide bonds. The first-order valence-corrected chi connectivity index (χ1v) is 5.02. The summed E-state index contributed by atoms with van der Waals surface area (Å²) in [6, 6.07) is 0. The van der Waals surface area contributed by atoms with Crippen molar-refractivity contribution in [2.75, 3.05) is 0 Å². The smallest absolute Gasteiger partial charge is 0.133 e. The fraction of sp³-hybridized carbons (Fsp3) is 0.909. The van der Waals surface area contributed by atoms with E-state index in [0.29, 0.717) is 23.5 Å². The Labute approximate surface area is 75.5 Å². The summed E-state index contributed by atoms with van der Waals surface area (Å²) in [6.45, 7) is 8.48. The van der Waals surface area contributed by atoms with Crippen LogP contribution in [-0.4, -0.2) is 5.78 Å². The molecule has 0 aromatic carbocycles. The molecular formula is C11H20O. The number of carbonyl (C=O) groups excluding carboxylic acids is 1. The highest BCUT2D eigenvalue weighted by molar-refractivity contribution is 5.78. The second-order valence-electron chi connectivity index (χ2n) is 4.67. The lowest BCUT2D eigenvalue weighted by Gasteiger charge is -2.36. The maximum absolute atomic E-state index is 11.3. The largest absolute Gasteiger partial charge is 0.300 e. The van der Waals surface area contributed by atoms with E-state index in [1.165, 1.54) is 12.8 Å². The Kier molecular flexibility index (Phi) is 2.92. The number of rotatable bonds is 1. The molecule has 12 heavy (non-hydrogen) atoms. The average molecular weight is 168 g/mol. The summed E-state index contributed by atoms with van der Waals surface area (Å²) in [4.78, 5) is 11.3. The van der Waals surface area contributed by atoms with Gasteiger partial charge in [-0.1, -0.05) is 20.8 Å². The Balaban J connectivity index is 2.66. The van der Waals surface area contributed by atoms with Gasteiger partial charge in [0.25, 0.3) is 0 Å². The molecule has 0 spiro atoms. The minimum absolute atomic E-state index is 0.334. The van der Waals surface area contributed by atoms with Crippen LogP contribution in [0.1, 0.15) is 40.5 Å². The Morgan fingerprint density at radius 1 is 1.08 bits per heavy atom. The Hall–Kier alpha value is -0.330. The van der Waals surface area contributed by atoms with Gasteiger partial charge in [0.15, 0.2) is 0 Å². The van der Waals surface area contributed by atoms with Crippen LogP contribution in [0.3, 0.4) is 0 Å². The second-order valence-corrected chi connectivity index (χ2v) is 4.67. The first-order chi connectivity index (χ1) is 5.52. The molecular weight excluding hydrogens is 148 g/mol. The van der Waals surface area contributed by atoms with Crippen molar-refractivity contribution in [3.63, 3.8) is 0 Å². The number of Topliss-reactive ketones (excluding diaryl/α,β-unsaturated/α-hetero) is 1. The second kappa shape index (κ2) is 3.59. The van der Waals surface area contributed by atoms with Gasteiger partial charge < -0.3 is 0 Å². The third-order valence-corrected chi connectivity index (χ3v) is 3.24. The van der Waals surface area contributed by atoms with Crippen LogP contribution < -0.4 is 0 Å². The van der Waals surface area contributed by atoms with Crippen LogP contribution in [0.5, 0.6) is 0 Å². The van der Waals surface area contributed by atoms with Gasteiger partial charge in [0.1, 0.15) is 5.78 Å². The van der Waals surface area contributed by atoms with Crippen molar-refractivity contribution in [3.05, 3.63) is 0 Å². The molecule has 0 aliphatic heterocycles. The molecule has 1 aliphatic rings. The summed E-state index contributed by atoms with van der Waals surface area (Å²) in [5.74, 6) is 2.73. The number of ketones is 1. The lowest BCUT2D eigenvalue weighted by Crippen LogP contribution is -2.33. The van der Waals surface area contributed by atoms with Crippen LogP contribution >= 0.6 is 0 Å². The van der Waals surface area contributed by atoms with Gasteiger partial charge in [0, 0.05) is 5.92 Å². The Morgan fingerprint density at radius 3 is 1.83 bits per heavy atom. The minimum atomic E-state index is 0.334. The van der Waals surface area contributed by atoms with Gasteiger partial charge in [-0.05, 0) is 37.5 Å². The monoisotopic (exact) mass is 168 g/mol. The molecule has 1 rings (SSSR count). The van der Waals surface area contributed by atoms with Crippen LogP contribution in [0.4, 0.5) is 0 Å². The third kappa shape index (κ3) is 1.88. The first-order valence-electron chi connectivity index (χ1n) is 5.02. The van der Waals surface area contributed by atoms with E-state index in [2.05, 4.69) is 20.8 Å². The van der Waals surface area contributed by atoms with Gasteiger partial charge in [0.2, 0.25) is 0 Å². The maximum atomic E-state index is 11.3. The van der Waals surface area contributed by atoms with Crippen molar-refractivity contribution in [2.45, 2.75) is 40.5 Å². The fourth-order valence-corrected chi connectivity index (χ4v) is 3.02. The summed E-state index contributed by atoms with van der Waals surface area (Å²) in [6.07, 6.45) is 2.46. The number of carbonyl (C=O) groups is 1. The van der Waals surface area contributed by atoms with E-state index < -0.39 is 0 Å². The SMILES string of the molecule is CC(=O)C1C(C)CC(C)CC1C. The molecule has 0 bridgehead atoms. The van der Waals surface area contributed by atoms with E-state index in [1.54, 1.807) is 6.92 Å². The summed E-state index contributed by atoms with van der Waals surface area (Å²) in [7, 11) is 0. The zero-order valence-electron chi connectivity index (χ0n) is 8.63. The molecule has 2 unspecified atom stereocenters. The van der Waals surface area contributed by atoms with Crippen molar-refractivity contribution < 1.29 is 4.79 Å². The quantitative estimate of drug-likeness (QED) is 0.588. The van der Waals surface area contributed by atoms with Gasteiger partial charge in [-0.2, -0.15) is 0 Å². The van der Waals surface area contributed by atoms with E-state index in [9.17, 15) is 4.79 Å². The van der Waals surface area contributed by atoms with E-state index in [0.717, 1.165) is 5.92 Å². The van der Waals surface area contributed by atoms with E-state index in [1.807, 2.05) is 0 Å². The Bertz CT molecular complexity index is 162. The van der Waals surface area contributed by atoms with Crippen LogP contribution in [0.25, 0.3) is 0 Å². The van der Waals surface area contributed by atoms with Crippen molar-refractivity contribution in [1.29, 1.82) is 0 Å². The normalized spacial score (nSPS) is 42.7. The number of hydrogen-bond acceptors (Lipinski definition) is 1. The molecule has 1 fully saturated rings. The average Bonchev–Trinajstić information content (AvgIpc) is 1.82. The highest BCUT2D eigenvalue weighted by Crippen LogP contribution is 2.37. The third-order valence-electron chi connectivity index (χ3n) is 3.24. The summed E-state index contributed by atoms with van der Waals surface area (Å²) in [5.41, 5.74) is 0. The molecule has 2 atom stereocenters. The molecule has 1 heteroatoms. The minimum Gasteiger partial charge on any atom is -0.300 e. The number of hydrogen-bond donors (Lipinski definition) is 0. The molecule has 0 aromatic heterocycles. The molecule has 0 N–H and O–H groups in total. The molecule has 0 aromatic rings. The molecule has 0 heterocycles. The maximum Gasteiger partial charge on any atom is 0.133 e. The first kappa shape index (κ1) is 9.76. The molecule has 1 nitrogen and oxygen atoms in total. The highest BCUT2D eigenvalue weighted by Gasteiger charge is 2.33. The van der Waals surface area contributed by atoms with Gasteiger partial charge >= 0.3 is 0 Å². The molecule has 70 valence electrons. The van der Waals surface area contributed by atoms with Gasteiger partial charge in [0.05, 0.1) is 0 Å². The predicted molar refractivity (Wildman–Crippen MR) is 50.9 cm³/mol. The van der Waals surface area contributed by atoms with Gasteiger partial charge in [-0.15, -0.1) is 0 Å². The standard InChI is InChI=1S/C11H20O/c1-7-5-8(2)11(10(4)12)9(3)6-7/h7-9,11H,5-6H2,1-4H3. The van der Waals surface area contributed by atoms with Crippen LogP contribution in [0, 0.1) is 23.7 Å². The highest BCUT2D eigenvalue weighted by atomic mass is 16.1. The van der Waals surface area contributed by atoms with Crippen LogP contribution in [0.2, 0.25) is 0 Å². The fourth-order valence-electron chi connectivity index (χ4n) is 3.02. The van der Waals surface area contributed by atoms with Crippen molar-refractivity contribution in [3.8, 4) is 0 Å². The molecule has 0 saturated heterocycles. The van der Waals surface area contributed by atoms with Crippen LogP contribution in [0.15, 0.2) is 0 Å². The predicted octanol–water partition coefficient (Wildman–Crippen LogP) is 2.89. The van der Waals surface area contributed by atoms with Crippen molar-refractivity contribution in [2.24, 2.45) is 23.7 Å². The summed E-state index contributed by atoms with van der Waals surface area (Å²) in [5, 5.41) is 0. The lowest BCUT2D eigenvalue weighted by molar-refractivity contribution is -0.125. The molecule has 1 aliphatic carbocycles. The Morgan fingerprint density at radius 2 is 1.50 bits per heavy atom. The van der Waals surface area contributed by atoms with Crippen molar-refractivity contribution >= 4 is 5.78 Å². The van der Waals surface area contributed by atoms with E-state index in [4.69, 9.17) is 0 Å². The lowest BCUT2D eigenvalue weighted by atomic mass is 9.68. The summed E-state index contributed by atoms with van der Waals surface area (Å²) < 4.78 is 0. The van der Waals surface area contributed by atoms with E-state index in [-0.39, 0.29) is 0 Å². The molecule has 1 saturated carbocycles. The van der Waals surface area contributed by atoms with Gasteiger partial charge in [-0.3, -0.25) is 4.79 Å². The van der Waals surface area contributed by atoms with Crippen molar-refractivity contribution in [1.82, 2.24) is 0 Å². The van der Waals surface area contributed by atoms with Gasteiger partial charge in [-0.25, -0.2) is 0 Å². The zero-order chi connectivity index (χ0) is 9.30. The topological polar surface area (TPSA) is 17.1 Å². The van der Waals surface area contributed by atoms with E-state index >= 15 is 0 Å².